The van der Waals surface area contributed by atoms with Crippen LogP contribution in [-0.2, 0) is 17.1 Å². The van der Waals surface area contributed by atoms with Crippen molar-refractivity contribution in [2.75, 3.05) is 13.1 Å². The summed E-state index contributed by atoms with van der Waals surface area (Å²) in [5, 5.41) is 13.1. The van der Waals surface area contributed by atoms with Gasteiger partial charge >= 0.3 is 0 Å². The number of sulfonamides is 1. The van der Waals surface area contributed by atoms with Gasteiger partial charge in [0, 0.05) is 26.3 Å². The number of hydrogen-bond donors (Lipinski definition) is 1. The van der Waals surface area contributed by atoms with Crippen molar-refractivity contribution in [2.24, 2.45) is 7.05 Å². The summed E-state index contributed by atoms with van der Waals surface area (Å²) in [5.41, 5.74) is 0. The molecule has 0 bridgehead atoms. The SMILES string of the molecule is Cn1cc(S(=O)(=O)N2CC[C@@H](O)C2)cn1. The number of nitrogens with zero attached hydrogens (tertiary/aromatic N) is 3. The molecule has 0 radical (unpaired) electrons. The fraction of sp³-hybridized carbons (Fsp3) is 0.625. The van der Waals surface area contributed by atoms with E-state index in [2.05, 4.69) is 5.10 Å². The van der Waals surface area contributed by atoms with Crippen LogP contribution in [0.25, 0.3) is 0 Å². The first-order valence-corrected chi connectivity index (χ1v) is 6.11. The average Bonchev–Trinajstić information content (AvgIpc) is 2.74. The quantitative estimate of drug-likeness (QED) is 0.721. The van der Waals surface area contributed by atoms with Gasteiger partial charge in [-0.25, -0.2) is 8.42 Å². The minimum atomic E-state index is -3.46. The molecule has 0 aromatic carbocycles. The lowest BCUT2D eigenvalue weighted by Crippen LogP contribution is -2.29. The standard InChI is InChI=1S/C8H13N3O3S/c1-10-6-8(4-9-10)15(13,14)11-3-2-7(12)5-11/h4,6-7,12H,2-3,5H2,1H3/t7-/m1/s1. The van der Waals surface area contributed by atoms with Gasteiger partial charge < -0.3 is 5.11 Å². The van der Waals surface area contributed by atoms with E-state index in [0.29, 0.717) is 13.0 Å². The molecule has 1 fully saturated rings. The largest absolute Gasteiger partial charge is 0.392 e. The van der Waals surface area contributed by atoms with Gasteiger partial charge in [0.1, 0.15) is 4.90 Å². The minimum Gasteiger partial charge on any atom is -0.392 e. The molecule has 6 nitrogen and oxygen atoms in total. The van der Waals surface area contributed by atoms with Gasteiger partial charge in [0.2, 0.25) is 10.0 Å². The number of β-amino-alcohol motifs (C(OH)–C–C–N with tert-alkyl or cyclic N) is 1. The van der Waals surface area contributed by atoms with Crippen LogP contribution in [0.5, 0.6) is 0 Å². The van der Waals surface area contributed by atoms with Crippen LogP contribution < -0.4 is 0 Å². The van der Waals surface area contributed by atoms with Crippen molar-refractivity contribution in [1.29, 1.82) is 0 Å². The molecule has 1 aromatic rings. The molecule has 2 heterocycles. The second-order valence-electron chi connectivity index (χ2n) is 3.66. The third-order valence-electron chi connectivity index (χ3n) is 2.45. The van der Waals surface area contributed by atoms with E-state index in [1.54, 1.807) is 7.05 Å². The molecule has 0 amide bonds. The van der Waals surface area contributed by atoms with Crippen molar-refractivity contribution < 1.29 is 13.5 Å². The number of aliphatic hydroxyl groups excluding tert-OH is 1. The highest BCUT2D eigenvalue weighted by Gasteiger charge is 2.32. The van der Waals surface area contributed by atoms with Crippen molar-refractivity contribution >= 4 is 10.0 Å². The van der Waals surface area contributed by atoms with E-state index < -0.39 is 16.1 Å². The summed E-state index contributed by atoms with van der Waals surface area (Å²) in [6.45, 7) is 0.551. The van der Waals surface area contributed by atoms with E-state index in [4.69, 9.17) is 0 Å². The van der Waals surface area contributed by atoms with E-state index in [-0.39, 0.29) is 11.4 Å². The normalized spacial score (nSPS) is 23.5. The van der Waals surface area contributed by atoms with Crippen molar-refractivity contribution in [2.45, 2.75) is 17.4 Å². The third kappa shape index (κ3) is 1.90. The van der Waals surface area contributed by atoms with Crippen molar-refractivity contribution in [3.63, 3.8) is 0 Å². The van der Waals surface area contributed by atoms with Gasteiger partial charge in [0.15, 0.2) is 0 Å². The van der Waals surface area contributed by atoms with Gasteiger partial charge in [-0.3, -0.25) is 4.68 Å². The van der Waals surface area contributed by atoms with Crippen molar-refractivity contribution in [3.8, 4) is 0 Å². The molecule has 84 valence electrons. The molecule has 1 aliphatic rings. The zero-order chi connectivity index (χ0) is 11.1. The Labute approximate surface area is 88.2 Å². The van der Waals surface area contributed by atoms with Gasteiger partial charge in [-0.2, -0.15) is 9.40 Å². The van der Waals surface area contributed by atoms with Crippen LogP contribution >= 0.6 is 0 Å². The maximum atomic E-state index is 12.0. The minimum absolute atomic E-state index is 0.178. The van der Waals surface area contributed by atoms with Crippen LogP contribution in [0.4, 0.5) is 0 Å². The van der Waals surface area contributed by atoms with Crippen LogP contribution in [0.2, 0.25) is 0 Å². The molecule has 0 saturated carbocycles. The highest BCUT2D eigenvalue weighted by Crippen LogP contribution is 2.20. The van der Waals surface area contributed by atoms with Crippen molar-refractivity contribution in [1.82, 2.24) is 14.1 Å². The van der Waals surface area contributed by atoms with Crippen LogP contribution in [0, 0.1) is 0 Å². The Bertz CT molecular complexity index is 453. The molecule has 1 aromatic heterocycles. The fourth-order valence-corrected chi connectivity index (χ4v) is 3.09. The molecule has 1 N–H and O–H groups in total. The number of aliphatic hydroxyl groups is 1. The number of hydrogen-bond acceptors (Lipinski definition) is 4. The van der Waals surface area contributed by atoms with Gasteiger partial charge in [-0.1, -0.05) is 0 Å². The lowest BCUT2D eigenvalue weighted by atomic mass is 10.3. The smallest absolute Gasteiger partial charge is 0.246 e. The summed E-state index contributed by atoms with van der Waals surface area (Å²) in [5.74, 6) is 0. The highest BCUT2D eigenvalue weighted by molar-refractivity contribution is 7.89. The Hall–Kier alpha value is -0.920. The average molecular weight is 231 g/mol. The molecule has 15 heavy (non-hydrogen) atoms. The fourth-order valence-electron chi connectivity index (χ4n) is 1.61. The van der Waals surface area contributed by atoms with E-state index >= 15 is 0 Å². The van der Waals surface area contributed by atoms with Gasteiger partial charge in [-0.15, -0.1) is 0 Å². The first-order valence-electron chi connectivity index (χ1n) is 4.67. The molecular formula is C8H13N3O3S. The first-order chi connectivity index (χ1) is 7.00. The van der Waals surface area contributed by atoms with Crippen LogP contribution in [-0.4, -0.2) is 46.8 Å². The predicted molar refractivity (Wildman–Crippen MR) is 52.6 cm³/mol. The lowest BCUT2D eigenvalue weighted by molar-refractivity contribution is 0.189. The number of aryl methyl sites for hydroxylation is 1. The summed E-state index contributed by atoms with van der Waals surface area (Å²) in [7, 11) is -1.80. The van der Waals surface area contributed by atoms with Gasteiger partial charge in [-0.05, 0) is 6.42 Å². The lowest BCUT2D eigenvalue weighted by Gasteiger charge is -2.13. The monoisotopic (exact) mass is 231 g/mol. The molecular weight excluding hydrogens is 218 g/mol. The highest BCUT2D eigenvalue weighted by atomic mass is 32.2. The molecule has 1 atom stereocenters. The Balaban J connectivity index is 2.27. The second-order valence-corrected chi connectivity index (χ2v) is 5.59. The zero-order valence-electron chi connectivity index (χ0n) is 8.37. The molecule has 2 rings (SSSR count). The van der Waals surface area contributed by atoms with Crippen LogP contribution in [0.1, 0.15) is 6.42 Å². The summed E-state index contributed by atoms with van der Waals surface area (Å²) < 4.78 is 26.6. The zero-order valence-corrected chi connectivity index (χ0v) is 9.18. The predicted octanol–water partition coefficient (Wildman–Crippen LogP) is -0.825. The summed E-state index contributed by atoms with van der Waals surface area (Å²) in [6, 6.07) is 0. The van der Waals surface area contributed by atoms with Gasteiger partial charge in [0.05, 0.1) is 12.3 Å². The topological polar surface area (TPSA) is 75.4 Å². The Morgan fingerprint density at radius 2 is 2.33 bits per heavy atom. The van der Waals surface area contributed by atoms with Gasteiger partial charge in [0.25, 0.3) is 0 Å². The van der Waals surface area contributed by atoms with E-state index in [1.165, 1.54) is 21.4 Å². The summed E-state index contributed by atoms with van der Waals surface area (Å²) in [6.07, 6.45) is 2.73. The Morgan fingerprint density at radius 1 is 1.60 bits per heavy atom. The van der Waals surface area contributed by atoms with Crippen molar-refractivity contribution in [3.05, 3.63) is 12.4 Å². The molecule has 0 spiro atoms. The van der Waals surface area contributed by atoms with E-state index in [9.17, 15) is 13.5 Å². The molecule has 1 saturated heterocycles. The number of rotatable bonds is 2. The second kappa shape index (κ2) is 3.58. The molecule has 7 heteroatoms. The Kier molecular flexibility index (Phi) is 2.53. The van der Waals surface area contributed by atoms with E-state index in [0.717, 1.165) is 0 Å². The summed E-state index contributed by atoms with van der Waals surface area (Å²) >= 11 is 0. The molecule has 1 aliphatic heterocycles. The molecule has 0 aliphatic carbocycles. The molecule has 0 unspecified atom stereocenters. The van der Waals surface area contributed by atoms with Crippen LogP contribution in [0.3, 0.4) is 0 Å². The third-order valence-corrected chi connectivity index (χ3v) is 4.26. The Morgan fingerprint density at radius 3 is 2.80 bits per heavy atom. The summed E-state index contributed by atoms with van der Waals surface area (Å²) in [4.78, 5) is 0.180. The van der Waals surface area contributed by atoms with E-state index in [1.807, 2.05) is 0 Å². The van der Waals surface area contributed by atoms with Crippen LogP contribution in [0.15, 0.2) is 17.3 Å². The number of aromatic nitrogens is 2. The first kappa shape index (κ1) is 10.6. The maximum absolute atomic E-state index is 12.0. The maximum Gasteiger partial charge on any atom is 0.246 e.